The molecule has 30 heavy (non-hydrogen) atoms. The molecule has 3 heterocycles. The van der Waals surface area contributed by atoms with Crippen molar-refractivity contribution in [1.82, 2.24) is 0 Å². The van der Waals surface area contributed by atoms with E-state index in [0.29, 0.717) is 28.9 Å². The zero-order valence-corrected chi connectivity index (χ0v) is 16.9. The number of Topliss-reactive ketones (excluding diaryl/α,β-unsaturated/α-hetero) is 1. The Morgan fingerprint density at radius 1 is 1.07 bits per heavy atom. The van der Waals surface area contributed by atoms with Gasteiger partial charge in [0.15, 0.2) is 11.4 Å². The van der Waals surface area contributed by atoms with E-state index in [1.165, 1.54) is 6.07 Å². The van der Waals surface area contributed by atoms with Gasteiger partial charge in [0.1, 0.15) is 29.3 Å². The lowest BCUT2D eigenvalue weighted by Gasteiger charge is -2.30. The summed E-state index contributed by atoms with van der Waals surface area (Å²) in [4.78, 5) is 25.3. The summed E-state index contributed by atoms with van der Waals surface area (Å²) < 4.78 is 18.1. The van der Waals surface area contributed by atoms with Crippen LogP contribution in [-0.2, 0) is 6.42 Å². The molecular weight excluding hydrogens is 380 g/mol. The van der Waals surface area contributed by atoms with E-state index in [1.807, 2.05) is 49.4 Å². The van der Waals surface area contributed by atoms with Crippen molar-refractivity contribution in [1.29, 1.82) is 0 Å². The van der Waals surface area contributed by atoms with E-state index < -0.39 is 5.63 Å². The minimum Gasteiger partial charge on any atom is -0.489 e. The molecule has 2 aromatic carbocycles. The normalized spacial score (nSPS) is 19.7. The van der Waals surface area contributed by atoms with Gasteiger partial charge in [-0.3, -0.25) is 4.79 Å². The Bertz CT molecular complexity index is 1240. The van der Waals surface area contributed by atoms with E-state index in [-0.39, 0.29) is 30.0 Å². The number of ketones is 1. The number of ether oxygens (including phenoxy) is 2. The Balaban J connectivity index is 1.83. The molecule has 0 saturated carbocycles. The third-order valence-electron chi connectivity index (χ3n) is 5.61. The molecule has 2 atom stereocenters. The SMILES string of the molecule is CCCc1cc(=O)oc2c3c(c4c(c12)OC(c1ccccc1)C=C4)OC(C)CC3=O. The number of benzene rings is 2. The van der Waals surface area contributed by atoms with Crippen LogP contribution in [0.5, 0.6) is 11.5 Å². The first-order valence-corrected chi connectivity index (χ1v) is 10.3. The number of carbonyl (C=O) groups is 1. The van der Waals surface area contributed by atoms with Crippen LogP contribution in [0.15, 0.2) is 51.7 Å². The maximum Gasteiger partial charge on any atom is 0.336 e. The molecule has 2 aliphatic heterocycles. The lowest BCUT2D eigenvalue weighted by Crippen LogP contribution is -2.26. The highest BCUT2D eigenvalue weighted by Crippen LogP contribution is 2.49. The van der Waals surface area contributed by atoms with E-state index in [0.717, 1.165) is 23.1 Å². The van der Waals surface area contributed by atoms with E-state index in [1.54, 1.807) is 0 Å². The first-order chi connectivity index (χ1) is 14.6. The molecule has 3 aromatic rings. The minimum atomic E-state index is -0.467. The molecule has 0 amide bonds. The molecule has 0 fully saturated rings. The Kier molecular flexibility index (Phi) is 4.46. The van der Waals surface area contributed by atoms with Crippen LogP contribution >= 0.6 is 0 Å². The number of hydrogen-bond acceptors (Lipinski definition) is 5. The molecule has 0 N–H and O–H groups in total. The molecule has 0 saturated heterocycles. The maximum atomic E-state index is 13.0. The van der Waals surface area contributed by atoms with Crippen molar-refractivity contribution in [3.05, 3.63) is 75.1 Å². The van der Waals surface area contributed by atoms with Crippen molar-refractivity contribution < 1.29 is 18.7 Å². The third kappa shape index (κ3) is 2.93. The quantitative estimate of drug-likeness (QED) is 0.560. The Morgan fingerprint density at radius 2 is 1.87 bits per heavy atom. The van der Waals surface area contributed by atoms with Crippen LogP contribution in [0.4, 0.5) is 0 Å². The van der Waals surface area contributed by atoms with E-state index in [4.69, 9.17) is 13.9 Å². The highest BCUT2D eigenvalue weighted by molar-refractivity contribution is 6.13. The number of hydrogen-bond donors (Lipinski definition) is 0. The van der Waals surface area contributed by atoms with E-state index in [9.17, 15) is 9.59 Å². The summed E-state index contributed by atoms with van der Waals surface area (Å²) >= 11 is 0. The fourth-order valence-electron chi connectivity index (χ4n) is 4.34. The van der Waals surface area contributed by atoms with Gasteiger partial charge in [-0.15, -0.1) is 0 Å². The monoisotopic (exact) mass is 402 g/mol. The standard InChI is InChI=1S/C25H22O5/c1-3-7-16-13-20(27)30-25-21(16)23-17(24-22(25)18(26)12-14(2)28-24)10-11-19(29-23)15-8-5-4-6-9-15/h4-6,8-11,13-14,19H,3,7,12H2,1-2H3. The number of rotatable bonds is 3. The summed E-state index contributed by atoms with van der Waals surface area (Å²) in [5, 5.41) is 0.696. The second-order valence-electron chi connectivity index (χ2n) is 7.86. The van der Waals surface area contributed by atoms with E-state index in [2.05, 4.69) is 6.92 Å². The smallest absolute Gasteiger partial charge is 0.336 e. The topological polar surface area (TPSA) is 65.7 Å². The van der Waals surface area contributed by atoms with Gasteiger partial charge in [0.05, 0.1) is 10.9 Å². The summed E-state index contributed by atoms with van der Waals surface area (Å²) in [6.45, 7) is 3.91. The number of fused-ring (bicyclic) bond motifs is 6. The second-order valence-corrected chi connectivity index (χ2v) is 7.86. The van der Waals surface area contributed by atoms with Gasteiger partial charge in [0.2, 0.25) is 0 Å². The van der Waals surface area contributed by atoms with Gasteiger partial charge in [-0.1, -0.05) is 43.7 Å². The van der Waals surface area contributed by atoms with Crippen molar-refractivity contribution in [2.45, 2.75) is 45.3 Å². The highest BCUT2D eigenvalue weighted by atomic mass is 16.5. The Labute approximate surface area is 173 Å². The fraction of sp³-hybridized carbons (Fsp3) is 0.280. The summed E-state index contributed by atoms with van der Waals surface area (Å²) in [5.41, 5.74) is 2.74. The van der Waals surface area contributed by atoms with Crippen LogP contribution < -0.4 is 15.1 Å². The van der Waals surface area contributed by atoms with Gasteiger partial charge in [0.25, 0.3) is 0 Å². The number of carbonyl (C=O) groups excluding carboxylic acids is 1. The molecule has 1 aromatic heterocycles. The van der Waals surface area contributed by atoms with Crippen molar-refractivity contribution in [2.75, 3.05) is 0 Å². The van der Waals surface area contributed by atoms with Gasteiger partial charge in [-0.2, -0.15) is 0 Å². The molecule has 5 rings (SSSR count). The van der Waals surface area contributed by atoms with Crippen molar-refractivity contribution in [3.8, 4) is 11.5 Å². The average molecular weight is 402 g/mol. The maximum absolute atomic E-state index is 13.0. The van der Waals surface area contributed by atoms with Crippen LogP contribution in [-0.4, -0.2) is 11.9 Å². The lowest BCUT2D eigenvalue weighted by molar-refractivity contribution is 0.0870. The van der Waals surface area contributed by atoms with Gasteiger partial charge in [-0.05, 0) is 36.6 Å². The Morgan fingerprint density at radius 3 is 2.63 bits per heavy atom. The van der Waals surface area contributed by atoms with Crippen LogP contribution in [0.25, 0.3) is 17.0 Å². The zero-order chi connectivity index (χ0) is 20.8. The van der Waals surface area contributed by atoms with Crippen LogP contribution in [0.3, 0.4) is 0 Å². The van der Waals surface area contributed by atoms with Crippen molar-refractivity contribution in [3.63, 3.8) is 0 Å². The van der Waals surface area contributed by atoms with Crippen LogP contribution in [0, 0.1) is 0 Å². The summed E-state index contributed by atoms with van der Waals surface area (Å²) in [5.74, 6) is 0.974. The van der Waals surface area contributed by atoms with E-state index >= 15 is 0 Å². The summed E-state index contributed by atoms with van der Waals surface area (Å²) in [6.07, 6.45) is 5.18. The first-order valence-electron chi connectivity index (χ1n) is 10.3. The van der Waals surface area contributed by atoms with Crippen molar-refractivity contribution >= 4 is 22.8 Å². The summed E-state index contributed by atoms with van der Waals surface area (Å²) in [6, 6.07) is 11.4. The molecule has 5 nitrogen and oxygen atoms in total. The van der Waals surface area contributed by atoms with Crippen molar-refractivity contribution in [2.24, 2.45) is 0 Å². The summed E-state index contributed by atoms with van der Waals surface area (Å²) in [7, 11) is 0. The van der Waals surface area contributed by atoms with Gasteiger partial charge >= 0.3 is 5.63 Å². The highest BCUT2D eigenvalue weighted by Gasteiger charge is 2.35. The third-order valence-corrected chi connectivity index (χ3v) is 5.61. The van der Waals surface area contributed by atoms with Gasteiger partial charge in [-0.25, -0.2) is 4.79 Å². The average Bonchev–Trinajstić information content (AvgIpc) is 2.73. The molecule has 0 spiro atoms. The second kappa shape index (κ2) is 7.17. The molecule has 2 unspecified atom stereocenters. The van der Waals surface area contributed by atoms with Gasteiger partial charge < -0.3 is 13.9 Å². The largest absolute Gasteiger partial charge is 0.489 e. The molecule has 0 aliphatic carbocycles. The molecule has 2 aliphatic rings. The fourth-order valence-corrected chi connectivity index (χ4v) is 4.34. The predicted molar refractivity (Wildman–Crippen MR) is 114 cm³/mol. The minimum absolute atomic E-state index is 0.0769. The lowest BCUT2D eigenvalue weighted by atomic mass is 9.90. The first kappa shape index (κ1) is 18.7. The predicted octanol–water partition coefficient (Wildman–Crippen LogP) is 5.25. The zero-order valence-electron chi connectivity index (χ0n) is 16.9. The molecule has 0 radical (unpaired) electrons. The molecule has 152 valence electrons. The molecule has 0 bridgehead atoms. The van der Waals surface area contributed by atoms with Crippen LogP contribution in [0.1, 0.15) is 59.8 Å². The molecule has 5 heteroatoms. The Hall–Kier alpha value is -3.34. The van der Waals surface area contributed by atoms with Crippen LogP contribution in [0.2, 0.25) is 0 Å². The van der Waals surface area contributed by atoms with Gasteiger partial charge in [0, 0.05) is 12.5 Å². The number of aryl methyl sites for hydroxylation is 1. The molecular formula is C25H22O5.